The second-order valence-electron chi connectivity index (χ2n) is 6.32. The van der Waals surface area contributed by atoms with Crippen molar-refractivity contribution in [2.24, 2.45) is 11.7 Å². The van der Waals surface area contributed by atoms with Gasteiger partial charge in [-0.3, -0.25) is 15.0 Å². The van der Waals surface area contributed by atoms with Gasteiger partial charge in [-0.05, 0) is 51.1 Å². The third-order valence-electron chi connectivity index (χ3n) is 4.49. The molecule has 1 aliphatic heterocycles. The Balaban J connectivity index is 1.67. The summed E-state index contributed by atoms with van der Waals surface area (Å²) in [7, 11) is 0. The quantitative estimate of drug-likeness (QED) is 0.701. The third kappa shape index (κ3) is 5.63. The molecule has 0 aromatic carbocycles. The van der Waals surface area contributed by atoms with Crippen LogP contribution in [0.3, 0.4) is 0 Å². The van der Waals surface area contributed by atoms with Gasteiger partial charge in [0.1, 0.15) is 0 Å². The van der Waals surface area contributed by atoms with Crippen LogP contribution in [0.15, 0.2) is 0 Å². The number of nitrogens with zero attached hydrogens (tertiary/aromatic N) is 1. The van der Waals surface area contributed by atoms with Crippen LogP contribution < -0.4 is 16.4 Å². The molecule has 4 N–H and O–H groups in total. The number of piperidine rings is 1. The van der Waals surface area contributed by atoms with E-state index in [1.165, 1.54) is 6.42 Å². The fourth-order valence-electron chi connectivity index (χ4n) is 3.43. The third-order valence-corrected chi connectivity index (χ3v) is 4.49. The molecule has 0 bridgehead atoms. The van der Waals surface area contributed by atoms with E-state index in [9.17, 15) is 9.59 Å². The zero-order valence-electron chi connectivity index (χ0n) is 12.8. The molecule has 1 unspecified atom stereocenters. The van der Waals surface area contributed by atoms with Crippen molar-refractivity contribution in [1.29, 1.82) is 0 Å². The molecular weight excluding hydrogens is 268 g/mol. The highest BCUT2D eigenvalue weighted by atomic mass is 16.2. The Morgan fingerprint density at radius 2 is 1.90 bits per heavy atom. The number of likely N-dealkylation sites (tertiary alicyclic amines) is 1. The number of imide groups is 1. The van der Waals surface area contributed by atoms with Crippen molar-refractivity contribution in [3.05, 3.63) is 0 Å². The molecule has 1 saturated heterocycles. The molecule has 1 aliphatic carbocycles. The van der Waals surface area contributed by atoms with Crippen LogP contribution in [0.2, 0.25) is 0 Å². The second-order valence-corrected chi connectivity index (χ2v) is 6.32. The van der Waals surface area contributed by atoms with Gasteiger partial charge >= 0.3 is 6.03 Å². The van der Waals surface area contributed by atoms with Gasteiger partial charge in [-0.15, -0.1) is 0 Å². The van der Waals surface area contributed by atoms with Crippen molar-refractivity contribution in [2.45, 2.75) is 51.0 Å². The van der Waals surface area contributed by atoms with Gasteiger partial charge in [0.25, 0.3) is 0 Å². The van der Waals surface area contributed by atoms with Gasteiger partial charge in [-0.2, -0.15) is 0 Å². The largest absolute Gasteiger partial charge is 0.335 e. The van der Waals surface area contributed by atoms with E-state index in [0.29, 0.717) is 19.0 Å². The van der Waals surface area contributed by atoms with Crippen LogP contribution in [0.5, 0.6) is 0 Å². The predicted octanol–water partition coefficient (Wildman–Crippen LogP) is 0.816. The smallest absolute Gasteiger partial charge is 0.321 e. The van der Waals surface area contributed by atoms with E-state index >= 15 is 0 Å². The zero-order chi connectivity index (χ0) is 15.1. The first-order chi connectivity index (χ1) is 10.2. The predicted molar refractivity (Wildman–Crippen MR) is 81.8 cm³/mol. The number of nitrogens with two attached hydrogens (primary N) is 1. The highest BCUT2D eigenvalue weighted by Gasteiger charge is 2.22. The number of nitrogens with one attached hydrogen (secondary N) is 2. The Kier molecular flexibility index (Phi) is 6.45. The average molecular weight is 296 g/mol. The van der Waals surface area contributed by atoms with Crippen LogP contribution in [0.25, 0.3) is 0 Å². The lowest BCUT2D eigenvalue weighted by atomic mass is 9.95. The van der Waals surface area contributed by atoms with Crippen molar-refractivity contribution in [1.82, 2.24) is 15.5 Å². The van der Waals surface area contributed by atoms with Crippen LogP contribution in [0.1, 0.15) is 44.9 Å². The van der Waals surface area contributed by atoms with E-state index in [1.807, 2.05) is 0 Å². The summed E-state index contributed by atoms with van der Waals surface area (Å²) in [5, 5.41) is 5.32. The maximum Gasteiger partial charge on any atom is 0.321 e. The van der Waals surface area contributed by atoms with E-state index < -0.39 is 0 Å². The molecule has 120 valence electrons. The molecule has 3 amide bonds. The summed E-state index contributed by atoms with van der Waals surface area (Å²) in [5.41, 5.74) is 5.60. The van der Waals surface area contributed by atoms with Crippen molar-refractivity contribution in [2.75, 3.05) is 26.2 Å². The Labute approximate surface area is 126 Å². The Bertz CT molecular complexity index is 354. The molecule has 6 nitrogen and oxygen atoms in total. The Morgan fingerprint density at radius 1 is 1.14 bits per heavy atom. The fraction of sp³-hybridized carbons (Fsp3) is 0.867. The first-order valence-electron chi connectivity index (χ1n) is 8.20. The molecule has 0 radical (unpaired) electrons. The first kappa shape index (κ1) is 16.2. The Hall–Kier alpha value is -1.14. The average Bonchev–Trinajstić information content (AvgIpc) is 2.91. The lowest BCUT2D eigenvalue weighted by molar-refractivity contribution is -0.121. The summed E-state index contributed by atoms with van der Waals surface area (Å²) in [6.45, 7) is 2.85. The maximum absolute atomic E-state index is 11.9. The number of urea groups is 1. The van der Waals surface area contributed by atoms with E-state index in [2.05, 4.69) is 15.5 Å². The summed E-state index contributed by atoms with van der Waals surface area (Å²) in [5.74, 6) is 0.378. The maximum atomic E-state index is 11.9. The van der Waals surface area contributed by atoms with Crippen molar-refractivity contribution < 1.29 is 9.59 Å². The lowest BCUT2D eigenvalue weighted by Crippen LogP contribution is -2.48. The van der Waals surface area contributed by atoms with Gasteiger partial charge in [0, 0.05) is 12.6 Å². The molecule has 21 heavy (non-hydrogen) atoms. The van der Waals surface area contributed by atoms with Crippen LogP contribution >= 0.6 is 0 Å². The SMILES string of the molecule is NCCC1CCCN(CC(=O)NC(=O)NC2CCCC2)C1. The number of rotatable bonds is 5. The normalized spacial score (nSPS) is 24.0. The molecule has 2 aliphatic rings. The van der Waals surface area contributed by atoms with Crippen LogP contribution in [0.4, 0.5) is 4.79 Å². The summed E-state index contributed by atoms with van der Waals surface area (Å²) in [4.78, 5) is 25.8. The Morgan fingerprint density at radius 3 is 2.62 bits per heavy atom. The van der Waals surface area contributed by atoms with Gasteiger partial charge < -0.3 is 11.1 Å². The standard InChI is InChI=1S/C15H28N4O2/c16-8-7-12-4-3-9-19(10-12)11-14(20)18-15(21)17-13-5-1-2-6-13/h12-13H,1-11,16H2,(H2,17,18,20,21). The van der Waals surface area contributed by atoms with E-state index in [0.717, 1.165) is 51.6 Å². The van der Waals surface area contributed by atoms with Crippen LogP contribution in [-0.4, -0.2) is 49.1 Å². The summed E-state index contributed by atoms with van der Waals surface area (Å²) < 4.78 is 0. The number of hydrogen-bond donors (Lipinski definition) is 3. The van der Waals surface area contributed by atoms with Gasteiger partial charge in [0.2, 0.25) is 5.91 Å². The zero-order valence-corrected chi connectivity index (χ0v) is 12.8. The van der Waals surface area contributed by atoms with Crippen LogP contribution in [0, 0.1) is 5.92 Å². The van der Waals surface area contributed by atoms with E-state index in [1.54, 1.807) is 0 Å². The summed E-state index contributed by atoms with van der Waals surface area (Å²) >= 11 is 0. The molecular formula is C15H28N4O2. The molecule has 1 atom stereocenters. The van der Waals surface area contributed by atoms with Crippen molar-refractivity contribution in [3.8, 4) is 0 Å². The highest BCUT2D eigenvalue weighted by Crippen LogP contribution is 2.19. The van der Waals surface area contributed by atoms with Crippen molar-refractivity contribution >= 4 is 11.9 Å². The molecule has 1 saturated carbocycles. The molecule has 6 heteroatoms. The molecule has 1 heterocycles. The molecule has 2 fully saturated rings. The van der Waals surface area contributed by atoms with Gasteiger partial charge in [-0.25, -0.2) is 4.79 Å². The van der Waals surface area contributed by atoms with Crippen LogP contribution in [-0.2, 0) is 4.79 Å². The molecule has 0 spiro atoms. The molecule has 0 aromatic rings. The minimum absolute atomic E-state index is 0.209. The van der Waals surface area contributed by atoms with E-state index in [-0.39, 0.29) is 18.0 Å². The van der Waals surface area contributed by atoms with Crippen molar-refractivity contribution in [3.63, 3.8) is 0 Å². The minimum Gasteiger partial charge on any atom is -0.335 e. The number of hydrogen-bond acceptors (Lipinski definition) is 4. The fourth-order valence-corrected chi connectivity index (χ4v) is 3.43. The minimum atomic E-state index is -0.345. The number of carbonyl (C=O) groups excluding carboxylic acids is 2. The highest BCUT2D eigenvalue weighted by molar-refractivity contribution is 5.95. The number of carbonyl (C=O) groups is 2. The monoisotopic (exact) mass is 296 g/mol. The molecule has 2 rings (SSSR count). The lowest BCUT2D eigenvalue weighted by Gasteiger charge is -2.31. The second kappa shape index (κ2) is 8.34. The van der Waals surface area contributed by atoms with Gasteiger partial charge in [-0.1, -0.05) is 12.8 Å². The molecule has 0 aromatic heterocycles. The number of amides is 3. The first-order valence-corrected chi connectivity index (χ1v) is 8.20. The topological polar surface area (TPSA) is 87.5 Å². The van der Waals surface area contributed by atoms with E-state index in [4.69, 9.17) is 5.73 Å². The summed E-state index contributed by atoms with van der Waals surface area (Å²) in [6.07, 6.45) is 7.68. The van der Waals surface area contributed by atoms with Gasteiger partial charge in [0.05, 0.1) is 6.54 Å². The van der Waals surface area contributed by atoms with Gasteiger partial charge in [0.15, 0.2) is 0 Å². The summed E-state index contributed by atoms with van der Waals surface area (Å²) in [6, 6.07) is -0.107.